The highest BCUT2D eigenvalue weighted by Crippen LogP contribution is 2.21. The monoisotopic (exact) mass is 308 g/mol. The summed E-state index contributed by atoms with van der Waals surface area (Å²) >= 11 is 0. The number of primary sulfonamides is 1. The van der Waals surface area contributed by atoms with Crippen LogP contribution < -0.4 is 10.5 Å². The third kappa shape index (κ3) is 3.26. The first-order chi connectivity index (χ1) is 9.80. The molecule has 0 aliphatic heterocycles. The van der Waals surface area contributed by atoms with Gasteiger partial charge >= 0.3 is 0 Å². The summed E-state index contributed by atoms with van der Waals surface area (Å²) in [6.07, 6.45) is 0. The van der Waals surface area contributed by atoms with Crippen LogP contribution in [0.15, 0.2) is 47.4 Å². The molecule has 110 valence electrons. The molecule has 1 amide bonds. The Labute approximate surface area is 121 Å². The highest BCUT2D eigenvalue weighted by molar-refractivity contribution is 7.89. The number of nitrogens with two attached hydrogens (primary N) is 1. The van der Waals surface area contributed by atoms with Crippen LogP contribution in [-0.2, 0) is 10.0 Å². The fraction of sp³-hybridized carbons (Fsp3) is 0.0714. The summed E-state index contributed by atoms with van der Waals surface area (Å²) < 4.78 is 36.8. The Morgan fingerprint density at radius 2 is 1.81 bits per heavy atom. The molecule has 3 N–H and O–H groups in total. The normalized spacial score (nSPS) is 11.2. The van der Waals surface area contributed by atoms with Gasteiger partial charge in [0.05, 0.1) is 11.3 Å². The van der Waals surface area contributed by atoms with Gasteiger partial charge in [0.2, 0.25) is 10.0 Å². The van der Waals surface area contributed by atoms with Crippen LogP contribution in [0.1, 0.15) is 15.9 Å². The summed E-state index contributed by atoms with van der Waals surface area (Å²) in [5, 5.41) is 7.44. The predicted octanol–water partition coefficient (Wildman–Crippen LogP) is 2.03. The summed E-state index contributed by atoms with van der Waals surface area (Å²) in [7, 11) is -3.99. The van der Waals surface area contributed by atoms with E-state index < -0.39 is 21.7 Å². The number of nitrogens with one attached hydrogen (secondary N) is 1. The second kappa shape index (κ2) is 5.63. The van der Waals surface area contributed by atoms with E-state index in [9.17, 15) is 17.6 Å². The summed E-state index contributed by atoms with van der Waals surface area (Å²) in [6.45, 7) is 1.53. The van der Waals surface area contributed by atoms with E-state index in [0.717, 1.165) is 0 Å². The molecule has 0 fully saturated rings. The van der Waals surface area contributed by atoms with Crippen molar-refractivity contribution in [2.45, 2.75) is 11.8 Å². The van der Waals surface area contributed by atoms with Crippen LogP contribution in [-0.4, -0.2) is 14.3 Å². The van der Waals surface area contributed by atoms with Crippen LogP contribution in [0, 0.1) is 12.7 Å². The summed E-state index contributed by atoms with van der Waals surface area (Å²) in [5.41, 5.74) is 0.160. The number of rotatable bonds is 3. The number of carbonyl (C=O) groups excluding carboxylic acids is 1. The first-order valence-corrected chi connectivity index (χ1v) is 7.53. The van der Waals surface area contributed by atoms with Gasteiger partial charge in [-0.25, -0.2) is 17.9 Å². The summed E-state index contributed by atoms with van der Waals surface area (Å²) in [5.74, 6) is -1.39. The van der Waals surface area contributed by atoms with Crippen LogP contribution in [0.5, 0.6) is 0 Å². The van der Waals surface area contributed by atoms with E-state index in [2.05, 4.69) is 5.32 Å². The third-order valence-electron chi connectivity index (χ3n) is 2.88. The standard InChI is InChI=1S/C14H13FN2O3S/c1-9-5-4-6-10(13(9)15)14(18)17-11-7-2-3-8-12(11)21(16,19)20/h2-8H,1H3,(H,17,18)(H2,16,19,20). The van der Waals surface area contributed by atoms with E-state index in [-0.39, 0.29) is 16.1 Å². The molecule has 7 heteroatoms. The van der Waals surface area contributed by atoms with Crippen molar-refractivity contribution in [1.82, 2.24) is 0 Å². The van der Waals surface area contributed by atoms with Crippen LogP contribution in [0.4, 0.5) is 10.1 Å². The first kappa shape index (κ1) is 15.1. The Kier molecular flexibility index (Phi) is 4.06. The van der Waals surface area contributed by atoms with Gasteiger partial charge in [0.1, 0.15) is 10.7 Å². The first-order valence-electron chi connectivity index (χ1n) is 5.99. The highest BCUT2D eigenvalue weighted by atomic mass is 32.2. The topological polar surface area (TPSA) is 89.3 Å². The lowest BCUT2D eigenvalue weighted by molar-refractivity contribution is 0.102. The minimum absolute atomic E-state index is 0.00547. The number of carbonyl (C=O) groups is 1. The second-order valence-electron chi connectivity index (χ2n) is 4.43. The van der Waals surface area contributed by atoms with Gasteiger partial charge in [0.15, 0.2) is 0 Å². The highest BCUT2D eigenvalue weighted by Gasteiger charge is 2.18. The van der Waals surface area contributed by atoms with Crippen molar-refractivity contribution in [3.05, 3.63) is 59.4 Å². The number of anilines is 1. The maximum atomic E-state index is 13.9. The third-order valence-corrected chi connectivity index (χ3v) is 3.85. The van der Waals surface area contributed by atoms with Crippen molar-refractivity contribution >= 4 is 21.6 Å². The average molecular weight is 308 g/mol. The van der Waals surface area contributed by atoms with E-state index >= 15 is 0 Å². The molecule has 2 aromatic carbocycles. The summed E-state index contributed by atoms with van der Waals surface area (Å²) in [6, 6.07) is 10.0. The van der Waals surface area contributed by atoms with Crippen molar-refractivity contribution in [1.29, 1.82) is 0 Å². The Morgan fingerprint density at radius 1 is 1.14 bits per heavy atom. The molecule has 0 aromatic heterocycles. The number of para-hydroxylation sites is 1. The van der Waals surface area contributed by atoms with E-state index in [1.54, 1.807) is 6.07 Å². The minimum atomic E-state index is -3.99. The van der Waals surface area contributed by atoms with Crippen molar-refractivity contribution in [3.8, 4) is 0 Å². The molecule has 0 spiro atoms. The molecule has 0 radical (unpaired) electrons. The van der Waals surface area contributed by atoms with E-state index in [4.69, 9.17) is 5.14 Å². The number of aryl methyl sites for hydroxylation is 1. The molecule has 0 aliphatic carbocycles. The number of hydrogen-bond acceptors (Lipinski definition) is 3. The molecule has 21 heavy (non-hydrogen) atoms. The van der Waals surface area contributed by atoms with Crippen LogP contribution in [0.2, 0.25) is 0 Å². The number of amides is 1. The molecular formula is C14H13FN2O3S. The SMILES string of the molecule is Cc1cccc(C(=O)Nc2ccccc2S(N)(=O)=O)c1F. The second-order valence-corrected chi connectivity index (χ2v) is 5.96. The zero-order chi connectivity index (χ0) is 15.6. The molecule has 0 bridgehead atoms. The molecule has 5 nitrogen and oxygen atoms in total. The van der Waals surface area contributed by atoms with Crippen molar-refractivity contribution in [2.75, 3.05) is 5.32 Å². The lowest BCUT2D eigenvalue weighted by Crippen LogP contribution is -2.19. The number of hydrogen-bond donors (Lipinski definition) is 2. The van der Waals surface area contributed by atoms with Crippen molar-refractivity contribution in [3.63, 3.8) is 0 Å². The Hall–Kier alpha value is -2.25. The van der Waals surface area contributed by atoms with Gasteiger partial charge in [0.25, 0.3) is 5.91 Å². The molecule has 0 aliphatic rings. The van der Waals surface area contributed by atoms with Gasteiger partial charge in [-0.1, -0.05) is 24.3 Å². The van der Waals surface area contributed by atoms with E-state index in [1.807, 2.05) is 0 Å². The van der Waals surface area contributed by atoms with Crippen LogP contribution in [0.3, 0.4) is 0 Å². The lowest BCUT2D eigenvalue weighted by Gasteiger charge is -2.10. The van der Waals surface area contributed by atoms with Gasteiger partial charge in [0, 0.05) is 0 Å². The van der Waals surface area contributed by atoms with Gasteiger partial charge < -0.3 is 5.32 Å². The molecule has 0 atom stereocenters. The zero-order valence-corrected chi connectivity index (χ0v) is 11.9. The Balaban J connectivity index is 2.40. The molecular weight excluding hydrogens is 295 g/mol. The van der Waals surface area contributed by atoms with Crippen molar-refractivity contribution < 1.29 is 17.6 Å². The fourth-order valence-electron chi connectivity index (χ4n) is 1.83. The van der Waals surface area contributed by atoms with Gasteiger partial charge in [-0.3, -0.25) is 4.79 Å². The maximum Gasteiger partial charge on any atom is 0.258 e. The Bertz CT molecular complexity index is 804. The van der Waals surface area contributed by atoms with Crippen molar-refractivity contribution in [2.24, 2.45) is 5.14 Å². The zero-order valence-electron chi connectivity index (χ0n) is 11.1. The van der Waals surface area contributed by atoms with Crippen LogP contribution >= 0.6 is 0 Å². The molecule has 2 aromatic rings. The van der Waals surface area contributed by atoms with Crippen LogP contribution in [0.25, 0.3) is 0 Å². The van der Waals surface area contributed by atoms with E-state index in [1.165, 1.54) is 43.3 Å². The fourth-order valence-corrected chi connectivity index (χ4v) is 2.52. The van der Waals surface area contributed by atoms with Gasteiger partial charge in [-0.2, -0.15) is 0 Å². The predicted molar refractivity (Wildman–Crippen MR) is 76.9 cm³/mol. The number of sulfonamides is 1. The number of halogens is 1. The van der Waals surface area contributed by atoms with Gasteiger partial charge in [-0.15, -0.1) is 0 Å². The maximum absolute atomic E-state index is 13.9. The molecule has 0 unspecified atom stereocenters. The largest absolute Gasteiger partial charge is 0.321 e. The molecule has 2 rings (SSSR count). The smallest absolute Gasteiger partial charge is 0.258 e. The number of benzene rings is 2. The molecule has 0 saturated carbocycles. The lowest BCUT2D eigenvalue weighted by atomic mass is 10.1. The molecule has 0 heterocycles. The molecule has 0 saturated heterocycles. The average Bonchev–Trinajstić information content (AvgIpc) is 2.41. The quantitative estimate of drug-likeness (QED) is 0.909. The minimum Gasteiger partial charge on any atom is -0.321 e. The van der Waals surface area contributed by atoms with Gasteiger partial charge in [-0.05, 0) is 30.7 Å². The summed E-state index contributed by atoms with van der Waals surface area (Å²) in [4.78, 5) is 11.8. The Morgan fingerprint density at radius 3 is 2.48 bits per heavy atom. The van der Waals surface area contributed by atoms with E-state index in [0.29, 0.717) is 5.56 Å².